The highest BCUT2D eigenvalue weighted by Gasteiger charge is 2.21. The molecule has 0 aliphatic heterocycles. The second kappa shape index (κ2) is 6.68. The molecule has 5 nitrogen and oxygen atoms in total. The van der Waals surface area contributed by atoms with Crippen molar-refractivity contribution in [2.75, 3.05) is 12.7 Å². The number of amides is 1. The molecule has 0 aromatic rings. The van der Waals surface area contributed by atoms with Gasteiger partial charge in [0.15, 0.2) is 6.17 Å². The van der Waals surface area contributed by atoms with Gasteiger partial charge in [0, 0.05) is 0 Å². The van der Waals surface area contributed by atoms with Gasteiger partial charge in [-0.3, -0.25) is 0 Å². The third-order valence-corrected chi connectivity index (χ3v) is 1.87. The summed E-state index contributed by atoms with van der Waals surface area (Å²) in [6.07, 6.45) is -3.00. The van der Waals surface area contributed by atoms with E-state index < -0.39 is 26.5 Å². The quantitative estimate of drug-likeness (QED) is 0.690. The lowest BCUT2D eigenvalue weighted by Crippen LogP contribution is -2.33. The Kier molecular flexibility index (Phi) is 6.32. The number of nitrogens with one attached hydrogen (secondary N) is 1. The minimum atomic E-state index is -2.50. The van der Waals surface area contributed by atoms with Crippen molar-refractivity contribution in [3.63, 3.8) is 0 Å². The first-order valence-electron chi connectivity index (χ1n) is 4.14. The van der Waals surface area contributed by atoms with Gasteiger partial charge in [-0.2, -0.15) is 4.89 Å². The van der Waals surface area contributed by atoms with Crippen LogP contribution in [0.25, 0.3) is 0 Å². The summed E-state index contributed by atoms with van der Waals surface area (Å²) in [6.45, 7) is 3.02. The number of carbonyl (C=O) groups excluding carboxylic acids is 1. The Balaban J connectivity index is 3.61. The molecule has 0 aromatic heterocycles. The van der Waals surface area contributed by atoms with Gasteiger partial charge in [0.1, 0.15) is 0 Å². The maximum Gasteiger partial charge on any atom is 0.508 e. The van der Waals surface area contributed by atoms with Gasteiger partial charge < -0.3 is 10.1 Å². The Hall–Kier alpha value is -0.740. The van der Waals surface area contributed by atoms with Gasteiger partial charge in [-0.05, 0) is 18.4 Å². The van der Waals surface area contributed by atoms with Gasteiger partial charge in [0.25, 0.3) is 0 Å². The van der Waals surface area contributed by atoms with Crippen molar-refractivity contribution in [1.29, 1.82) is 0 Å². The summed E-state index contributed by atoms with van der Waals surface area (Å²) in [5.74, 6) is 0. The van der Waals surface area contributed by atoms with Crippen LogP contribution in [0.1, 0.15) is 13.8 Å². The molecule has 0 rings (SSSR count). The van der Waals surface area contributed by atoms with E-state index in [1.807, 2.05) is 0 Å². The number of halogens is 1. The van der Waals surface area contributed by atoms with Gasteiger partial charge in [0.2, 0.25) is 6.16 Å². The number of alkyl carbamates (subject to hydrolysis) is 1. The van der Waals surface area contributed by atoms with E-state index in [2.05, 4.69) is 10.1 Å². The van der Waals surface area contributed by atoms with E-state index in [0.29, 0.717) is 0 Å². The zero-order chi connectivity index (χ0) is 11.1. The molecule has 0 saturated carbocycles. The molecule has 0 spiro atoms. The van der Waals surface area contributed by atoms with E-state index in [9.17, 15) is 13.8 Å². The van der Waals surface area contributed by atoms with Gasteiger partial charge in [-0.25, -0.2) is 9.18 Å². The molecule has 0 radical (unpaired) electrons. The molecule has 0 aliphatic carbocycles. The number of carbonyl (C=O) groups is 1. The van der Waals surface area contributed by atoms with Crippen LogP contribution in [0.2, 0.25) is 0 Å². The number of rotatable bonds is 5. The largest absolute Gasteiger partial charge is 0.508 e. The zero-order valence-corrected chi connectivity index (χ0v) is 8.96. The Bertz CT molecular complexity index is 212. The van der Waals surface area contributed by atoms with E-state index in [0.717, 1.165) is 0 Å². The maximum atomic E-state index is 12.7. The van der Waals surface area contributed by atoms with Crippen LogP contribution in [0.5, 0.6) is 0 Å². The predicted molar refractivity (Wildman–Crippen MR) is 49.2 cm³/mol. The molecule has 82 valence electrons. The molecule has 0 fully saturated rings. The molecule has 0 aromatic carbocycles. The van der Waals surface area contributed by atoms with Crippen LogP contribution in [0, 0.1) is 0 Å². The van der Waals surface area contributed by atoms with Gasteiger partial charge >= 0.3 is 14.1 Å². The third-order valence-electron chi connectivity index (χ3n) is 1.16. The molecule has 0 bridgehead atoms. The average Bonchev–Trinajstić information content (AvgIpc) is 1.98. The Morgan fingerprint density at radius 1 is 1.64 bits per heavy atom. The Morgan fingerprint density at radius 3 is 2.64 bits per heavy atom. The van der Waals surface area contributed by atoms with Crippen LogP contribution in [0.4, 0.5) is 9.18 Å². The van der Waals surface area contributed by atoms with Crippen LogP contribution in [-0.4, -0.2) is 36.0 Å². The highest BCUT2D eigenvalue weighted by molar-refractivity contribution is 7.38. The lowest BCUT2D eigenvalue weighted by molar-refractivity contribution is 0.113. The summed E-state index contributed by atoms with van der Waals surface area (Å²) in [4.78, 5) is 19.2. The summed E-state index contributed by atoms with van der Waals surface area (Å²) in [5, 5.41) is 2.14. The molecule has 0 saturated heterocycles. The van der Waals surface area contributed by atoms with E-state index in [1.54, 1.807) is 13.8 Å². The first kappa shape index (κ1) is 13.3. The average molecular weight is 226 g/mol. The lowest BCUT2D eigenvalue weighted by atomic mass is 10.4. The normalized spacial score (nSPS) is 13.6. The lowest BCUT2D eigenvalue weighted by Gasteiger charge is -2.09. The first-order chi connectivity index (χ1) is 6.41. The summed E-state index contributed by atoms with van der Waals surface area (Å²) in [6, 6.07) is 0. The van der Waals surface area contributed by atoms with Crippen LogP contribution >= 0.6 is 8.03 Å². The molecule has 1 unspecified atom stereocenters. The fourth-order valence-corrected chi connectivity index (χ4v) is 1.15. The highest BCUT2D eigenvalue weighted by Crippen LogP contribution is 2.15. The molecule has 0 heterocycles. The van der Waals surface area contributed by atoms with E-state index >= 15 is 0 Å². The van der Waals surface area contributed by atoms with Crippen molar-refractivity contribution in [1.82, 2.24) is 5.32 Å². The van der Waals surface area contributed by atoms with Crippen molar-refractivity contribution < 1.29 is 23.4 Å². The molecule has 2 N–H and O–H groups in total. The first-order valence-corrected chi connectivity index (χ1v) is 5.53. The maximum absolute atomic E-state index is 12.7. The Labute approximate surface area is 82.5 Å². The van der Waals surface area contributed by atoms with Crippen LogP contribution in [0.15, 0.2) is 0 Å². The predicted octanol–water partition coefficient (Wildman–Crippen LogP) is 1.19. The zero-order valence-electron chi connectivity index (χ0n) is 8.07. The van der Waals surface area contributed by atoms with Gasteiger partial charge in [0.05, 0.1) is 12.6 Å². The molecule has 14 heavy (non-hydrogen) atoms. The molecular formula is C7H14FNO4P+. The van der Waals surface area contributed by atoms with E-state index in [-0.39, 0.29) is 12.6 Å². The van der Waals surface area contributed by atoms with Crippen molar-refractivity contribution in [3.05, 3.63) is 0 Å². The van der Waals surface area contributed by atoms with Crippen molar-refractivity contribution >= 4 is 14.1 Å². The Morgan fingerprint density at radius 2 is 2.21 bits per heavy atom. The smallest absolute Gasteiger partial charge is 0.447 e. The van der Waals surface area contributed by atoms with Crippen molar-refractivity contribution in [3.8, 4) is 0 Å². The highest BCUT2D eigenvalue weighted by atomic mass is 31.1. The van der Waals surface area contributed by atoms with Gasteiger partial charge in [-0.1, -0.05) is 0 Å². The van der Waals surface area contributed by atoms with Crippen LogP contribution < -0.4 is 5.32 Å². The summed E-state index contributed by atoms with van der Waals surface area (Å²) < 4.78 is 27.6. The van der Waals surface area contributed by atoms with Crippen LogP contribution in [-0.2, 0) is 9.30 Å². The SMILES string of the molecule is CC(C)OC(=O)NC[C@@H](F)C[P+](=O)O. The fourth-order valence-electron chi connectivity index (χ4n) is 0.684. The van der Waals surface area contributed by atoms with Crippen molar-refractivity contribution in [2.45, 2.75) is 26.1 Å². The summed E-state index contributed by atoms with van der Waals surface area (Å²) in [7, 11) is -2.50. The molecular weight excluding hydrogens is 212 g/mol. The topological polar surface area (TPSA) is 75.6 Å². The third kappa shape index (κ3) is 7.89. The monoisotopic (exact) mass is 226 g/mol. The van der Waals surface area contributed by atoms with Crippen molar-refractivity contribution in [2.24, 2.45) is 0 Å². The number of alkyl halides is 1. The molecule has 0 aliphatic rings. The van der Waals surface area contributed by atoms with E-state index in [1.165, 1.54) is 0 Å². The standard InChI is InChI=1S/C7H13FNO4P/c1-5(2)13-7(10)9-3-6(8)4-14(11)12/h5-6H,3-4H2,1-2H3,(H-,9,10,11,12)/p+1/t6-/m1/s1. The second-order valence-electron chi connectivity index (χ2n) is 2.97. The van der Waals surface area contributed by atoms with E-state index in [4.69, 9.17) is 4.89 Å². The number of ether oxygens (including phenoxy) is 1. The van der Waals surface area contributed by atoms with Gasteiger partial charge in [-0.15, -0.1) is 0 Å². The number of hydrogen-bond acceptors (Lipinski definition) is 3. The molecule has 7 heteroatoms. The minimum Gasteiger partial charge on any atom is -0.447 e. The minimum absolute atomic E-state index is 0.275. The summed E-state index contributed by atoms with van der Waals surface area (Å²) >= 11 is 0. The molecule has 2 atom stereocenters. The molecule has 1 amide bonds. The van der Waals surface area contributed by atoms with Crippen LogP contribution in [0.3, 0.4) is 0 Å². The fraction of sp³-hybridized carbons (Fsp3) is 0.857. The second-order valence-corrected chi connectivity index (χ2v) is 4.04. The number of hydrogen-bond donors (Lipinski definition) is 2. The summed E-state index contributed by atoms with van der Waals surface area (Å²) in [5.41, 5.74) is 0.